The first-order valence-corrected chi connectivity index (χ1v) is 14.5. The van der Waals surface area contributed by atoms with Crippen LogP contribution in [0.2, 0.25) is 10.0 Å². The van der Waals surface area contributed by atoms with E-state index in [0.29, 0.717) is 54.0 Å². The molecule has 1 aliphatic rings. The Balaban J connectivity index is 1.42. The van der Waals surface area contributed by atoms with Gasteiger partial charge in [0.1, 0.15) is 11.5 Å². The second-order valence-electron chi connectivity index (χ2n) is 9.66. The van der Waals surface area contributed by atoms with Crippen LogP contribution in [0.4, 0.5) is 5.69 Å². The molecule has 3 heterocycles. The van der Waals surface area contributed by atoms with E-state index in [2.05, 4.69) is 10.3 Å². The third kappa shape index (κ3) is 5.58. The molecule has 0 saturated carbocycles. The fraction of sp³-hybridized carbons (Fsp3) is 0.0625. The van der Waals surface area contributed by atoms with Gasteiger partial charge in [-0.15, -0.1) is 0 Å². The molecule has 0 aliphatic carbocycles. The van der Waals surface area contributed by atoms with Gasteiger partial charge in [-0.3, -0.25) is 14.2 Å². The number of amides is 1. The number of hydrogen-bond donors (Lipinski definition) is 2. The van der Waals surface area contributed by atoms with E-state index >= 15 is 0 Å². The molecule has 2 N–H and O–H groups in total. The SMILES string of the molecule is CC1=C(C(=O)Nc2ccccc2)[C@@H](c2ccc(Cl)cc2)n2c(s/c(=C\c3ccc(-c4ccc(C(=O)O)c(Cl)c4)o3)c2=O)=N1. The number of thiazole rings is 1. The van der Waals surface area contributed by atoms with Crippen molar-refractivity contribution in [3.63, 3.8) is 0 Å². The molecule has 0 saturated heterocycles. The lowest BCUT2D eigenvalue weighted by molar-refractivity contribution is -0.113. The summed E-state index contributed by atoms with van der Waals surface area (Å²) in [4.78, 5) is 43.9. The minimum absolute atomic E-state index is 0.0133. The lowest BCUT2D eigenvalue weighted by Gasteiger charge is -2.25. The number of rotatable bonds is 6. The lowest BCUT2D eigenvalue weighted by Crippen LogP contribution is -2.40. The molecule has 2 aromatic heterocycles. The molecule has 0 radical (unpaired) electrons. The molecule has 43 heavy (non-hydrogen) atoms. The average molecular weight is 631 g/mol. The highest BCUT2D eigenvalue weighted by Crippen LogP contribution is 2.32. The van der Waals surface area contributed by atoms with Gasteiger partial charge >= 0.3 is 5.97 Å². The van der Waals surface area contributed by atoms with Gasteiger partial charge in [0, 0.05) is 22.3 Å². The van der Waals surface area contributed by atoms with Crippen molar-refractivity contribution in [1.29, 1.82) is 0 Å². The first-order valence-electron chi connectivity index (χ1n) is 13.0. The number of hydrogen-bond acceptors (Lipinski definition) is 6. The molecule has 3 aromatic carbocycles. The Kier molecular flexibility index (Phi) is 7.62. The highest BCUT2D eigenvalue weighted by Gasteiger charge is 2.32. The molecular formula is C32H21Cl2N3O5S. The van der Waals surface area contributed by atoms with Gasteiger partial charge < -0.3 is 14.8 Å². The average Bonchev–Trinajstić information content (AvgIpc) is 3.57. The van der Waals surface area contributed by atoms with E-state index in [9.17, 15) is 19.5 Å². The van der Waals surface area contributed by atoms with Crippen LogP contribution in [-0.4, -0.2) is 21.6 Å². The number of anilines is 1. The summed E-state index contributed by atoms with van der Waals surface area (Å²) in [6.07, 6.45) is 1.61. The Labute approximate surface area is 258 Å². The second-order valence-corrected chi connectivity index (χ2v) is 11.5. The molecule has 0 spiro atoms. The van der Waals surface area contributed by atoms with Crippen molar-refractivity contribution in [2.45, 2.75) is 13.0 Å². The van der Waals surface area contributed by atoms with Crippen LogP contribution in [0.1, 0.15) is 34.6 Å². The molecule has 5 aromatic rings. The quantitative estimate of drug-likeness (QED) is 0.234. The van der Waals surface area contributed by atoms with E-state index in [1.807, 2.05) is 18.2 Å². The van der Waals surface area contributed by atoms with Crippen LogP contribution in [0.3, 0.4) is 0 Å². The fourth-order valence-electron chi connectivity index (χ4n) is 4.85. The van der Waals surface area contributed by atoms with E-state index in [1.165, 1.54) is 28.0 Å². The Morgan fingerprint density at radius 2 is 1.77 bits per heavy atom. The van der Waals surface area contributed by atoms with E-state index in [4.69, 9.17) is 27.6 Å². The molecule has 1 atom stereocenters. The van der Waals surface area contributed by atoms with Crippen LogP contribution in [0, 0.1) is 0 Å². The molecule has 8 nitrogen and oxygen atoms in total. The van der Waals surface area contributed by atoms with E-state index in [1.54, 1.807) is 67.6 Å². The van der Waals surface area contributed by atoms with Crippen molar-refractivity contribution in [3.05, 3.63) is 143 Å². The third-order valence-electron chi connectivity index (χ3n) is 6.87. The zero-order chi connectivity index (χ0) is 30.2. The molecule has 214 valence electrons. The smallest absolute Gasteiger partial charge is 0.337 e. The van der Waals surface area contributed by atoms with E-state index in [-0.39, 0.29) is 22.1 Å². The van der Waals surface area contributed by atoms with Crippen LogP contribution < -0.4 is 20.2 Å². The van der Waals surface area contributed by atoms with Crippen LogP contribution in [0.15, 0.2) is 110 Å². The number of halogens is 2. The number of carbonyl (C=O) groups is 2. The molecule has 6 rings (SSSR count). The Bertz CT molecular complexity index is 2110. The highest BCUT2D eigenvalue weighted by molar-refractivity contribution is 7.07. The molecule has 0 unspecified atom stereocenters. The van der Waals surface area contributed by atoms with Crippen molar-refractivity contribution in [3.8, 4) is 11.3 Å². The van der Waals surface area contributed by atoms with E-state index < -0.39 is 12.0 Å². The van der Waals surface area contributed by atoms with Gasteiger partial charge in [0.25, 0.3) is 11.5 Å². The number of allylic oxidation sites excluding steroid dienone is 1. The predicted molar refractivity (Wildman–Crippen MR) is 166 cm³/mol. The zero-order valence-electron chi connectivity index (χ0n) is 22.4. The molecule has 0 bridgehead atoms. The van der Waals surface area contributed by atoms with Crippen molar-refractivity contribution in [2.75, 3.05) is 5.32 Å². The molecule has 11 heteroatoms. The van der Waals surface area contributed by atoms with Crippen molar-refractivity contribution in [1.82, 2.24) is 4.57 Å². The van der Waals surface area contributed by atoms with Gasteiger partial charge in [-0.25, -0.2) is 9.79 Å². The fourth-order valence-corrected chi connectivity index (χ4v) is 6.26. The number of aromatic nitrogens is 1. The molecule has 0 fully saturated rings. The summed E-state index contributed by atoms with van der Waals surface area (Å²) in [6, 6.07) is 23.3. The minimum Gasteiger partial charge on any atom is -0.478 e. The number of carboxylic acid groups (broad SMARTS) is 1. The van der Waals surface area contributed by atoms with Gasteiger partial charge in [-0.1, -0.05) is 70.9 Å². The van der Waals surface area contributed by atoms with Crippen LogP contribution in [0.5, 0.6) is 0 Å². The van der Waals surface area contributed by atoms with Crippen molar-refractivity contribution >= 4 is 58.2 Å². The maximum Gasteiger partial charge on any atom is 0.337 e. The summed E-state index contributed by atoms with van der Waals surface area (Å²) >= 11 is 13.5. The first-order chi connectivity index (χ1) is 20.7. The van der Waals surface area contributed by atoms with Crippen LogP contribution in [0.25, 0.3) is 17.4 Å². The summed E-state index contributed by atoms with van der Waals surface area (Å²) in [7, 11) is 0. The number of carbonyl (C=O) groups excluding carboxylic acids is 1. The number of fused-ring (bicyclic) bond motifs is 1. The number of carboxylic acids is 1. The summed E-state index contributed by atoms with van der Waals surface area (Å²) in [5.74, 6) is -0.642. The van der Waals surface area contributed by atoms with E-state index in [0.717, 1.165) is 0 Å². The van der Waals surface area contributed by atoms with Gasteiger partial charge in [0.05, 0.1) is 32.4 Å². The predicted octanol–water partition coefficient (Wildman–Crippen LogP) is 6.14. The van der Waals surface area contributed by atoms with Crippen molar-refractivity contribution < 1.29 is 19.1 Å². The molecule has 1 amide bonds. The Hall–Kier alpha value is -4.70. The number of nitrogens with one attached hydrogen (secondary N) is 1. The standard InChI is InChI=1S/C32H21Cl2N3O5S/c1-17-27(29(38)36-21-5-3-2-4-6-21)28(18-7-10-20(33)11-8-18)37-30(39)26(43-32(37)35-17)16-22-12-14-25(42-22)19-9-13-23(31(40)41)24(34)15-19/h2-16,28H,1H3,(H,36,38)(H,40,41)/b26-16-/t28-/m1/s1. The first kappa shape index (κ1) is 28.4. The highest BCUT2D eigenvalue weighted by atomic mass is 35.5. The summed E-state index contributed by atoms with van der Waals surface area (Å²) in [5.41, 5.74) is 2.38. The maximum absolute atomic E-state index is 13.9. The minimum atomic E-state index is -1.13. The summed E-state index contributed by atoms with van der Waals surface area (Å²) < 4.78 is 7.84. The monoisotopic (exact) mass is 629 g/mol. The summed E-state index contributed by atoms with van der Waals surface area (Å²) in [5, 5.41) is 12.8. The number of furan rings is 1. The number of aromatic carboxylic acids is 1. The maximum atomic E-state index is 13.9. The van der Waals surface area contributed by atoms with Crippen molar-refractivity contribution in [2.24, 2.45) is 4.99 Å². The Morgan fingerprint density at radius 3 is 2.47 bits per heavy atom. The third-order valence-corrected chi connectivity index (χ3v) is 8.42. The molecule has 1 aliphatic heterocycles. The van der Waals surface area contributed by atoms with Gasteiger partial charge in [-0.2, -0.15) is 0 Å². The summed E-state index contributed by atoms with van der Waals surface area (Å²) in [6.45, 7) is 1.75. The number of para-hydroxylation sites is 1. The van der Waals surface area contributed by atoms with Gasteiger partial charge in [-0.05, 0) is 61.0 Å². The lowest BCUT2D eigenvalue weighted by atomic mass is 9.95. The zero-order valence-corrected chi connectivity index (χ0v) is 24.7. The Morgan fingerprint density at radius 1 is 1.02 bits per heavy atom. The second kappa shape index (κ2) is 11.5. The topological polar surface area (TPSA) is 114 Å². The van der Waals surface area contributed by atoms with Crippen LogP contribution >= 0.6 is 34.5 Å². The number of nitrogens with zero attached hydrogens (tertiary/aromatic N) is 2. The largest absolute Gasteiger partial charge is 0.478 e. The normalized spacial score (nSPS) is 14.8. The molecular weight excluding hydrogens is 609 g/mol. The van der Waals surface area contributed by atoms with Gasteiger partial charge in [0.15, 0.2) is 4.80 Å². The van der Waals surface area contributed by atoms with Crippen LogP contribution in [-0.2, 0) is 4.79 Å². The number of benzene rings is 3. The van der Waals surface area contributed by atoms with Gasteiger partial charge in [0.2, 0.25) is 0 Å².